The molecule has 0 saturated carbocycles. The van der Waals surface area contributed by atoms with Gasteiger partial charge < -0.3 is 15.1 Å². The minimum absolute atomic E-state index is 0.0435. The maximum absolute atomic E-state index is 12.3. The predicted molar refractivity (Wildman–Crippen MR) is 69.0 cm³/mol. The van der Waals surface area contributed by atoms with Crippen LogP contribution in [-0.2, 0) is 0 Å². The van der Waals surface area contributed by atoms with Crippen molar-refractivity contribution in [2.45, 2.75) is 6.04 Å². The van der Waals surface area contributed by atoms with Gasteiger partial charge in [0.25, 0.3) is 5.91 Å². The number of fused-ring (bicyclic) bond motifs is 1. The summed E-state index contributed by atoms with van der Waals surface area (Å²) in [6.07, 6.45) is 0. The topological polar surface area (TPSA) is 65.5 Å². The van der Waals surface area contributed by atoms with Crippen LogP contribution in [0, 0.1) is 0 Å². The Kier molecular flexibility index (Phi) is 3.02. The monoisotopic (exact) mass is 280 g/mol. The quantitative estimate of drug-likeness (QED) is 0.766. The van der Waals surface area contributed by atoms with Crippen molar-refractivity contribution in [3.63, 3.8) is 0 Å². The maximum Gasteiger partial charge on any atom is 0.317 e. The average molecular weight is 281 g/mol. The summed E-state index contributed by atoms with van der Waals surface area (Å²) in [5.41, 5.74) is 0.346. The Morgan fingerprint density at radius 1 is 1.42 bits per heavy atom. The molecule has 1 atom stereocenters. The molecule has 19 heavy (non-hydrogen) atoms. The van der Waals surface area contributed by atoms with Crippen molar-refractivity contribution in [2.75, 3.05) is 26.2 Å². The van der Waals surface area contributed by atoms with Gasteiger partial charge in [-0.2, -0.15) is 0 Å². The third-order valence-corrected chi connectivity index (χ3v) is 3.66. The van der Waals surface area contributed by atoms with Crippen LogP contribution in [0.2, 0.25) is 5.15 Å². The maximum atomic E-state index is 12.3. The summed E-state index contributed by atoms with van der Waals surface area (Å²) >= 11 is 5.79. The lowest BCUT2D eigenvalue weighted by atomic mass is 10.2. The van der Waals surface area contributed by atoms with Gasteiger partial charge in [-0.25, -0.2) is 9.78 Å². The number of carbonyl (C=O) groups excluding carboxylic acids is 2. The highest BCUT2D eigenvalue weighted by atomic mass is 35.5. The summed E-state index contributed by atoms with van der Waals surface area (Å²) in [5.74, 6) is -0.138. The van der Waals surface area contributed by atoms with Gasteiger partial charge in [0.1, 0.15) is 10.8 Å². The molecule has 3 heterocycles. The van der Waals surface area contributed by atoms with Crippen molar-refractivity contribution >= 4 is 23.5 Å². The van der Waals surface area contributed by atoms with Crippen LogP contribution in [0.25, 0.3) is 0 Å². The summed E-state index contributed by atoms with van der Waals surface area (Å²) in [6.45, 7) is 2.21. The molecule has 1 N–H and O–H groups in total. The van der Waals surface area contributed by atoms with Crippen molar-refractivity contribution in [1.82, 2.24) is 20.1 Å². The van der Waals surface area contributed by atoms with Crippen molar-refractivity contribution < 1.29 is 9.59 Å². The lowest BCUT2D eigenvalue weighted by Crippen LogP contribution is -2.53. The van der Waals surface area contributed by atoms with Gasteiger partial charge in [-0.15, -0.1) is 0 Å². The summed E-state index contributed by atoms with van der Waals surface area (Å²) in [7, 11) is 0. The van der Waals surface area contributed by atoms with Crippen molar-refractivity contribution in [2.24, 2.45) is 0 Å². The number of hydrogen-bond acceptors (Lipinski definition) is 3. The number of carbonyl (C=O) groups is 2. The Labute approximate surface area is 115 Å². The second-order valence-corrected chi connectivity index (χ2v) is 5.02. The van der Waals surface area contributed by atoms with E-state index in [1.165, 1.54) is 0 Å². The molecule has 100 valence electrons. The molecule has 2 aliphatic heterocycles. The van der Waals surface area contributed by atoms with Crippen LogP contribution in [0.1, 0.15) is 10.5 Å². The van der Waals surface area contributed by atoms with Gasteiger partial charge in [0.2, 0.25) is 0 Å². The molecule has 0 spiro atoms. The molecular formula is C12H13ClN4O2. The number of piperazine rings is 1. The van der Waals surface area contributed by atoms with E-state index < -0.39 is 0 Å². The molecule has 2 aliphatic rings. The van der Waals surface area contributed by atoms with Crippen molar-refractivity contribution in [3.8, 4) is 0 Å². The van der Waals surface area contributed by atoms with Crippen LogP contribution in [0.5, 0.6) is 0 Å². The van der Waals surface area contributed by atoms with Gasteiger partial charge in [-0.05, 0) is 12.1 Å². The lowest BCUT2D eigenvalue weighted by Gasteiger charge is -2.36. The average Bonchev–Trinajstić information content (AvgIpc) is 2.79. The largest absolute Gasteiger partial charge is 0.336 e. The number of pyridine rings is 1. The molecule has 2 fully saturated rings. The number of halogens is 1. The Bertz CT molecular complexity index is 536. The molecule has 3 rings (SSSR count). The summed E-state index contributed by atoms with van der Waals surface area (Å²) in [4.78, 5) is 31.3. The second-order valence-electron chi connectivity index (χ2n) is 4.63. The highest BCUT2D eigenvalue weighted by Crippen LogP contribution is 2.16. The smallest absolute Gasteiger partial charge is 0.317 e. The molecule has 6 nitrogen and oxygen atoms in total. The Morgan fingerprint density at radius 2 is 2.26 bits per heavy atom. The fraction of sp³-hybridized carbons (Fsp3) is 0.417. The first-order valence-corrected chi connectivity index (χ1v) is 6.49. The normalized spacial score (nSPS) is 22.2. The molecular weight excluding hydrogens is 268 g/mol. The van der Waals surface area contributed by atoms with E-state index in [2.05, 4.69) is 10.3 Å². The van der Waals surface area contributed by atoms with E-state index in [1.54, 1.807) is 28.0 Å². The van der Waals surface area contributed by atoms with Gasteiger partial charge >= 0.3 is 6.03 Å². The van der Waals surface area contributed by atoms with Gasteiger partial charge in [-0.3, -0.25) is 4.79 Å². The molecule has 2 saturated heterocycles. The van der Waals surface area contributed by atoms with E-state index in [1.807, 2.05) is 0 Å². The van der Waals surface area contributed by atoms with Crippen LogP contribution < -0.4 is 5.32 Å². The number of urea groups is 1. The minimum Gasteiger partial charge on any atom is -0.336 e. The van der Waals surface area contributed by atoms with Crippen molar-refractivity contribution in [3.05, 3.63) is 29.0 Å². The van der Waals surface area contributed by atoms with Crippen molar-refractivity contribution in [1.29, 1.82) is 0 Å². The Morgan fingerprint density at radius 3 is 3.05 bits per heavy atom. The van der Waals surface area contributed by atoms with E-state index >= 15 is 0 Å². The van der Waals surface area contributed by atoms with E-state index in [9.17, 15) is 9.59 Å². The van der Waals surface area contributed by atoms with Gasteiger partial charge in [0.05, 0.1) is 6.04 Å². The number of nitrogens with one attached hydrogen (secondary N) is 1. The third kappa shape index (κ3) is 2.23. The molecule has 0 bridgehead atoms. The van der Waals surface area contributed by atoms with Gasteiger partial charge in [-0.1, -0.05) is 17.7 Å². The molecule has 0 aliphatic carbocycles. The van der Waals surface area contributed by atoms with Crippen LogP contribution in [0.4, 0.5) is 4.79 Å². The van der Waals surface area contributed by atoms with E-state index in [0.717, 1.165) is 0 Å². The molecule has 7 heteroatoms. The first-order valence-electron chi connectivity index (χ1n) is 6.11. The number of rotatable bonds is 1. The molecule has 3 amide bonds. The summed E-state index contributed by atoms with van der Waals surface area (Å²) in [5, 5.41) is 3.09. The highest BCUT2D eigenvalue weighted by molar-refractivity contribution is 6.29. The second kappa shape index (κ2) is 4.70. The fourth-order valence-corrected chi connectivity index (χ4v) is 2.64. The first-order chi connectivity index (χ1) is 9.15. The van der Waals surface area contributed by atoms with Gasteiger partial charge in [0.15, 0.2) is 0 Å². The van der Waals surface area contributed by atoms with Gasteiger partial charge in [0, 0.05) is 26.2 Å². The summed E-state index contributed by atoms with van der Waals surface area (Å²) < 4.78 is 0. The number of amides is 3. The van der Waals surface area contributed by atoms with Crippen LogP contribution in [0.3, 0.4) is 0 Å². The molecule has 0 radical (unpaired) electrons. The lowest BCUT2D eigenvalue weighted by molar-refractivity contribution is 0.0611. The zero-order chi connectivity index (χ0) is 13.4. The fourth-order valence-electron chi connectivity index (χ4n) is 2.48. The minimum atomic E-state index is -0.138. The molecule has 0 aromatic carbocycles. The first kappa shape index (κ1) is 12.2. The van der Waals surface area contributed by atoms with Crippen LogP contribution in [0.15, 0.2) is 18.2 Å². The third-order valence-electron chi connectivity index (χ3n) is 3.45. The van der Waals surface area contributed by atoms with E-state index in [4.69, 9.17) is 11.6 Å². The summed E-state index contributed by atoms with van der Waals surface area (Å²) in [6, 6.07) is 5.01. The van der Waals surface area contributed by atoms with E-state index in [0.29, 0.717) is 37.0 Å². The SMILES string of the molecule is O=C(c1cccc(Cl)n1)N1CCN2C(=O)NCC2C1. The Balaban J connectivity index is 1.74. The standard InChI is InChI=1S/C12H13ClN4O2/c13-10-3-1-2-9(15-10)11(18)16-4-5-17-8(7-16)6-14-12(17)19/h1-3,8H,4-7H2,(H,14,19). The number of nitrogens with zero attached hydrogens (tertiary/aromatic N) is 3. The van der Waals surface area contributed by atoms with Crippen LogP contribution in [-0.4, -0.2) is 58.9 Å². The number of aromatic nitrogens is 1. The molecule has 1 aromatic heterocycles. The predicted octanol–water partition coefficient (Wildman–Crippen LogP) is 0.585. The zero-order valence-electron chi connectivity index (χ0n) is 10.2. The highest BCUT2D eigenvalue weighted by Gasteiger charge is 2.37. The zero-order valence-corrected chi connectivity index (χ0v) is 10.9. The number of hydrogen-bond donors (Lipinski definition) is 1. The van der Waals surface area contributed by atoms with Crippen LogP contribution >= 0.6 is 11.6 Å². The Hall–Kier alpha value is -1.82. The molecule has 1 aromatic rings. The van der Waals surface area contributed by atoms with E-state index in [-0.39, 0.29) is 18.0 Å². The molecule has 1 unspecified atom stereocenters.